The van der Waals surface area contributed by atoms with E-state index in [9.17, 15) is 0 Å². The molecule has 1 heterocycles. The van der Waals surface area contributed by atoms with Crippen molar-refractivity contribution in [1.82, 2.24) is 0 Å². The fourth-order valence-electron chi connectivity index (χ4n) is 0.638. The normalized spacial score (nSPS) is 30.1. The molecule has 44 valence electrons. The van der Waals surface area contributed by atoms with Crippen LogP contribution in [0.25, 0.3) is 0 Å². The van der Waals surface area contributed by atoms with Gasteiger partial charge in [-0.3, -0.25) is 0 Å². The first-order chi connectivity index (χ1) is 3.83. The van der Waals surface area contributed by atoms with E-state index in [1.165, 1.54) is 5.57 Å². The topological polar surface area (TPSA) is 0 Å². The quantitative estimate of drug-likeness (QED) is 0.513. The summed E-state index contributed by atoms with van der Waals surface area (Å²) in [7, 11) is -0.0610. The van der Waals surface area contributed by atoms with Gasteiger partial charge in [0.05, 0.1) is 0 Å². The van der Waals surface area contributed by atoms with Crippen LogP contribution in [0.2, 0.25) is 0 Å². The maximum atomic E-state index is 3.71. The number of rotatable bonds is 1. The van der Waals surface area contributed by atoms with E-state index in [1.54, 1.807) is 0 Å². The van der Waals surface area contributed by atoms with Crippen LogP contribution in [0.3, 0.4) is 0 Å². The molecule has 1 aliphatic rings. The summed E-state index contributed by atoms with van der Waals surface area (Å²) in [5.74, 6) is 0. The fraction of sp³-hybridized carbons (Fsp3) is 0.143. The van der Waals surface area contributed by atoms with E-state index in [4.69, 9.17) is 0 Å². The molecule has 1 rings (SSSR count). The van der Waals surface area contributed by atoms with Gasteiger partial charge in [-0.05, 0) is 28.7 Å². The highest BCUT2D eigenvalue weighted by Gasteiger charge is 1.95. The Morgan fingerprint density at radius 1 is 1.75 bits per heavy atom. The fourth-order valence-corrected chi connectivity index (χ4v) is 1.92. The van der Waals surface area contributed by atoms with Crippen LogP contribution in [0, 0.1) is 0 Å². The van der Waals surface area contributed by atoms with Crippen LogP contribution < -0.4 is 0 Å². The van der Waals surface area contributed by atoms with Crippen molar-refractivity contribution in [2.75, 3.05) is 0 Å². The van der Waals surface area contributed by atoms with Gasteiger partial charge < -0.3 is 0 Å². The standard InChI is InChI=1S/C7H10S/c1-3-8-5-4-7(2)6-8/h3-6,8H,1H2,2H3. The van der Waals surface area contributed by atoms with E-state index in [1.807, 2.05) is 5.41 Å². The van der Waals surface area contributed by atoms with Crippen molar-refractivity contribution in [3.8, 4) is 0 Å². The molecule has 0 amide bonds. The average molecular weight is 126 g/mol. The summed E-state index contributed by atoms with van der Waals surface area (Å²) in [5, 5.41) is 6.46. The lowest BCUT2D eigenvalue weighted by atomic mass is 10.4. The van der Waals surface area contributed by atoms with Gasteiger partial charge in [-0.1, -0.05) is 12.7 Å². The van der Waals surface area contributed by atoms with E-state index in [2.05, 4.69) is 30.4 Å². The molecule has 0 aromatic heterocycles. The van der Waals surface area contributed by atoms with Gasteiger partial charge in [-0.2, -0.15) is 10.9 Å². The lowest BCUT2D eigenvalue weighted by Crippen LogP contribution is -1.54. The third-order valence-corrected chi connectivity index (χ3v) is 2.69. The zero-order valence-electron chi connectivity index (χ0n) is 4.96. The van der Waals surface area contributed by atoms with Gasteiger partial charge in [-0.25, -0.2) is 0 Å². The second kappa shape index (κ2) is 2.23. The Hall–Kier alpha value is -0.430. The molecule has 1 unspecified atom stereocenters. The third kappa shape index (κ3) is 1.04. The Bertz CT molecular complexity index is 154. The lowest BCUT2D eigenvalue weighted by Gasteiger charge is -1.96. The van der Waals surface area contributed by atoms with Crippen molar-refractivity contribution in [3.05, 3.63) is 34.5 Å². The average Bonchev–Trinajstić information content (AvgIpc) is 2.14. The summed E-state index contributed by atoms with van der Waals surface area (Å²) >= 11 is 0. The van der Waals surface area contributed by atoms with E-state index in [-0.39, 0.29) is 10.9 Å². The van der Waals surface area contributed by atoms with Crippen LogP contribution in [0.5, 0.6) is 0 Å². The minimum atomic E-state index is -0.0610. The van der Waals surface area contributed by atoms with Crippen LogP contribution in [0.1, 0.15) is 6.92 Å². The lowest BCUT2D eigenvalue weighted by molar-refractivity contribution is 1.58. The molecular formula is C7H10S. The highest BCUT2D eigenvalue weighted by molar-refractivity contribution is 8.24. The molecule has 0 fully saturated rings. The molecule has 1 atom stereocenters. The van der Waals surface area contributed by atoms with E-state index < -0.39 is 0 Å². The van der Waals surface area contributed by atoms with Crippen LogP contribution in [-0.2, 0) is 0 Å². The van der Waals surface area contributed by atoms with Gasteiger partial charge >= 0.3 is 0 Å². The SMILES string of the molecule is C=C[SH]1C=CC(C)=C1. The molecule has 1 heteroatoms. The van der Waals surface area contributed by atoms with Crippen molar-refractivity contribution in [2.45, 2.75) is 6.92 Å². The minimum Gasteiger partial charge on any atom is -0.193 e. The molecule has 0 aromatic carbocycles. The van der Waals surface area contributed by atoms with E-state index in [0.29, 0.717) is 0 Å². The summed E-state index contributed by atoms with van der Waals surface area (Å²) in [4.78, 5) is 0. The van der Waals surface area contributed by atoms with Gasteiger partial charge in [0, 0.05) is 0 Å². The molecule has 1 aliphatic heterocycles. The maximum Gasteiger partial charge on any atom is -0.0393 e. The smallest absolute Gasteiger partial charge is 0.0393 e. The zero-order valence-corrected chi connectivity index (χ0v) is 5.86. The molecule has 0 saturated carbocycles. The second-order valence-corrected chi connectivity index (χ2v) is 3.63. The molecular weight excluding hydrogens is 116 g/mol. The highest BCUT2D eigenvalue weighted by Crippen LogP contribution is 2.36. The molecule has 0 saturated heterocycles. The van der Waals surface area contributed by atoms with E-state index in [0.717, 1.165) is 0 Å². The first-order valence-electron chi connectivity index (χ1n) is 2.59. The number of hydrogen-bond acceptors (Lipinski definition) is 0. The van der Waals surface area contributed by atoms with Gasteiger partial charge in [0.15, 0.2) is 0 Å². The van der Waals surface area contributed by atoms with Crippen molar-refractivity contribution in [1.29, 1.82) is 0 Å². The Morgan fingerprint density at radius 2 is 2.50 bits per heavy atom. The molecule has 0 bridgehead atoms. The predicted octanol–water partition coefficient (Wildman–Crippen LogP) is 2.56. The van der Waals surface area contributed by atoms with Crippen LogP contribution in [0.15, 0.2) is 34.5 Å². The van der Waals surface area contributed by atoms with Crippen molar-refractivity contribution in [3.63, 3.8) is 0 Å². The highest BCUT2D eigenvalue weighted by atomic mass is 32.2. The first-order valence-corrected chi connectivity index (χ1v) is 4.14. The number of hydrogen-bond donors (Lipinski definition) is 1. The Balaban J connectivity index is 2.68. The van der Waals surface area contributed by atoms with Crippen LogP contribution in [-0.4, -0.2) is 0 Å². The third-order valence-electron chi connectivity index (χ3n) is 1.07. The van der Waals surface area contributed by atoms with E-state index >= 15 is 0 Å². The van der Waals surface area contributed by atoms with Crippen molar-refractivity contribution in [2.24, 2.45) is 0 Å². The number of allylic oxidation sites excluding steroid dienone is 2. The summed E-state index contributed by atoms with van der Waals surface area (Å²) in [5.41, 5.74) is 1.37. The van der Waals surface area contributed by atoms with Gasteiger partial charge in [-0.15, -0.1) is 0 Å². The summed E-state index contributed by atoms with van der Waals surface area (Å²) in [6.07, 6.45) is 2.15. The molecule has 0 N–H and O–H groups in total. The Labute approximate surface area is 52.9 Å². The molecule has 0 aliphatic carbocycles. The van der Waals surface area contributed by atoms with Gasteiger partial charge in [0.2, 0.25) is 0 Å². The predicted molar refractivity (Wildman–Crippen MR) is 42.1 cm³/mol. The maximum absolute atomic E-state index is 3.71. The first kappa shape index (κ1) is 5.70. The molecule has 0 radical (unpaired) electrons. The Kier molecular flexibility index (Phi) is 1.59. The molecule has 8 heavy (non-hydrogen) atoms. The van der Waals surface area contributed by atoms with Crippen molar-refractivity contribution >= 4 is 10.9 Å². The summed E-state index contributed by atoms with van der Waals surface area (Å²) in [6, 6.07) is 0. The zero-order chi connectivity index (χ0) is 5.98. The molecule has 0 nitrogen and oxygen atoms in total. The second-order valence-electron chi connectivity index (χ2n) is 1.82. The van der Waals surface area contributed by atoms with Crippen LogP contribution >= 0.6 is 10.9 Å². The molecule has 0 aromatic rings. The molecule has 0 spiro atoms. The largest absolute Gasteiger partial charge is 0.193 e. The van der Waals surface area contributed by atoms with Crippen LogP contribution in [0.4, 0.5) is 0 Å². The number of thiol groups is 1. The minimum absolute atomic E-state index is 0.0610. The summed E-state index contributed by atoms with van der Waals surface area (Å²) < 4.78 is 0. The van der Waals surface area contributed by atoms with Gasteiger partial charge in [0.1, 0.15) is 0 Å². The Morgan fingerprint density at radius 3 is 2.75 bits per heavy atom. The summed E-state index contributed by atoms with van der Waals surface area (Å²) in [6.45, 7) is 5.82. The van der Waals surface area contributed by atoms with Gasteiger partial charge in [0.25, 0.3) is 0 Å². The van der Waals surface area contributed by atoms with Crippen molar-refractivity contribution < 1.29 is 0 Å². The monoisotopic (exact) mass is 126 g/mol.